The summed E-state index contributed by atoms with van der Waals surface area (Å²) in [4.78, 5) is 22.6. The zero-order valence-electron chi connectivity index (χ0n) is 17.2. The Morgan fingerprint density at radius 1 is 1.26 bits per heavy atom. The van der Waals surface area contributed by atoms with Crippen LogP contribution in [0.4, 0.5) is 10.7 Å². The molecule has 3 aromatic heterocycles. The van der Waals surface area contributed by atoms with Gasteiger partial charge in [0.25, 0.3) is 0 Å². The van der Waals surface area contributed by atoms with E-state index in [4.69, 9.17) is 4.98 Å². The zero-order valence-corrected chi connectivity index (χ0v) is 18.0. The number of aromatic nitrogens is 4. The Balaban J connectivity index is 1.57. The highest BCUT2D eigenvalue weighted by molar-refractivity contribution is 7.13. The number of piperazine rings is 1. The van der Waals surface area contributed by atoms with E-state index in [9.17, 15) is 4.79 Å². The quantitative estimate of drug-likeness (QED) is 0.499. The lowest BCUT2D eigenvalue weighted by molar-refractivity contribution is 0.172. The fourth-order valence-electron chi connectivity index (χ4n) is 4.05. The van der Waals surface area contributed by atoms with Gasteiger partial charge in [-0.2, -0.15) is 0 Å². The number of fused-ring (bicyclic) bond motifs is 3. The molecule has 1 saturated heterocycles. The van der Waals surface area contributed by atoms with Crippen LogP contribution in [0.1, 0.15) is 6.92 Å². The van der Waals surface area contributed by atoms with Crippen LogP contribution in [0.25, 0.3) is 27.3 Å². The van der Waals surface area contributed by atoms with Gasteiger partial charge in [-0.1, -0.05) is 24.3 Å². The van der Waals surface area contributed by atoms with Crippen LogP contribution in [0.2, 0.25) is 0 Å². The zero-order chi connectivity index (χ0) is 21.4. The van der Waals surface area contributed by atoms with Gasteiger partial charge in [0.2, 0.25) is 5.95 Å². The number of urea groups is 1. The van der Waals surface area contributed by atoms with Crippen molar-refractivity contribution < 1.29 is 4.79 Å². The van der Waals surface area contributed by atoms with Gasteiger partial charge in [-0.15, -0.1) is 28.1 Å². The highest BCUT2D eigenvalue weighted by Gasteiger charge is 2.30. The van der Waals surface area contributed by atoms with Crippen LogP contribution in [0, 0.1) is 0 Å². The molecule has 1 fully saturated rings. The second-order valence-electron chi connectivity index (χ2n) is 7.55. The largest absolute Gasteiger partial charge is 0.338 e. The van der Waals surface area contributed by atoms with Crippen LogP contribution in [-0.2, 0) is 0 Å². The van der Waals surface area contributed by atoms with Gasteiger partial charge >= 0.3 is 6.03 Å². The SMILES string of the molecule is C=CCNC(=O)N1CCN(c2nc3ccccc3c3nnc(-c4cccs4)n23)C[C@@H]1C. The smallest absolute Gasteiger partial charge is 0.318 e. The molecule has 31 heavy (non-hydrogen) atoms. The number of hydrogen-bond acceptors (Lipinski definition) is 6. The maximum absolute atomic E-state index is 12.5. The van der Waals surface area contributed by atoms with Crippen molar-refractivity contribution in [3.8, 4) is 10.7 Å². The Bertz CT molecular complexity index is 1250. The van der Waals surface area contributed by atoms with E-state index < -0.39 is 0 Å². The van der Waals surface area contributed by atoms with Crippen molar-refractivity contribution in [2.75, 3.05) is 31.1 Å². The number of anilines is 1. The average Bonchev–Trinajstić information content (AvgIpc) is 3.47. The van der Waals surface area contributed by atoms with Gasteiger partial charge in [-0.3, -0.25) is 0 Å². The average molecular weight is 434 g/mol. The third kappa shape index (κ3) is 3.40. The predicted molar refractivity (Wildman–Crippen MR) is 124 cm³/mol. The summed E-state index contributed by atoms with van der Waals surface area (Å²) < 4.78 is 2.05. The summed E-state index contributed by atoms with van der Waals surface area (Å²) in [6.45, 7) is 8.14. The molecule has 0 aliphatic carbocycles. The summed E-state index contributed by atoms with van der Waals surface area (Å²) in [7, 11) is 0. The van der Waals surface area contributed by atoms with Gasteiger partial charge in [0.15, 0.2) is 11.5 Å². The minimum Gasteiger partial charge on any atom is -0.338 e. The maximum Gasteiger partial charge on any atom is 0.318 e. The number of nitrogens with zero attached hydrogens (tertiary/aromatic N) is 6. The Labute approximate surface area is 183 Å². The molecule has 0 saturated carbocycles. The molecule has 4 heterocycles. The van der Waals surface area contributed by atoms with E-state index in [1.807, 2.05) is 51.1 Å². The lowest BCUT2D eigenvalue weighted by Crippen LogP contribution is -2.57. The molecule has 2 amide bonds. The molecule has 1 aliphatic heterocycles. The number of carbonyl (C=O) groups excluding carboxylic acids is 1. The maximum atomic E-state index is 12.5. The highest BCUT2D eigenvalue weighted by atomic mass is 32.1. The van der Waals surface area contributed by atoms with Crippen molar-refractivity contribution in [3.05, 3.63) is 54.4 Å². The monoisotopic (exact) mass is 433 g/mol. The molecule has 1 aromatic carbocycles. The van der Waals surface area contributed by atoms with Gasteiger partial charge in [0.1, 0.15) is 0 Å². The molecule has 9 heteroatoms. The molecule has 0 unspecified atom stereocenters. The molecular weight excluding hydrogens is 410 g/mol. The Morgan fingerprint density at radius 3 is 2.90 bits per heavy atom. The summed E-state index contributed by atoms with van der Waals surface area (Å²) in [6.07, 6.45) is 1.69. The minimum atomic E-state index is -0.0627. The Morgan fingerprint density at radius 2 is 2.13 bits per heavy atom. The van der Waals surface area contributed by atoms with Crippen molar-refractivity contribution in [2.45, 2.75) is 13.0 Å². The fourth-order valence-corrected chi connectivity index (χ4v) is 4.74. The summed E-state index contributed by atoms with van der Waals surface area (Å²) in [5.74, 6) is 1.59. The summed E-state index contributed by atoms with van der Waals surface area (Å²) in [5.41, 5.74) is 1.68. The van der Waals surface area contributed by atoms with Crippen molar-refractivity contribution in [3.63, 3.8) is 0 Å². The Kier molecular flexibility index (Phi) is 5.03. The van der Waals surface area contributed by atoms with Crippen LogP contribution in [-0.4, -0.2) is 62.7 Å². The Hall–Kier alpha value is -3.46. The molecule has 1 N–H and O–H groups in total. The van der Waals surface area contributed by atoms with E-state index >= 15 is 0 Å². The first-order chi connectivity index (χ1) is 15.2. The van der Waals surface area contributed by atoms with Gasteiger partial charge < -0.3 is 15.1 Å². The van der Waals surface area contributed by atoms with Crippen molar-refractivity contribution in [1.29, 1.82) is 0 Å². The van der Waals surface area contributed by atoms with Crippen LogP contribution in [0.3, 0.4) is 0 Å². The predicted octanol–water partition coefficient (Wildman–Crippen LogP) is 3.41. The first-order valence-corrected chi connectivity index (χ1v) is 11.1. The van der Waals surface area contributed by atoms with Crippen LogP contribution < -0.4 is 10.2 Å². The van der Waals surface area contributed by atoms with Crippen LogP contribution >= 0.6 is 11.3 Å². The van der Waals surface area contributed by atoms with Crippen molar-refractivity contribution in [1.82, 2.24) is 29.8 Å². The molecule has 158 valence electrons. The number of rotatable bonds is 4. The first kappa shape index (κ1) is 19.5. The van der Waals surface area contributed by atoms with Crippen molar-refractivity contribution in [2.24, 2.45) is 0 Å². The number of carbonyl (C=O) groups is 1. The molecular formula is C22H23N7OS. The molecule has 0 spiro atoms. The minimum absolute atomic E-state index is 0.0311. The third-order valence-corrected chi connectivity index (χ3v) is 6.40. The van der Waals surface area contributed by atoms with Crippen LogP contribution in [0.5, 0.6) is 0 Å². The number of hydrogen-bond donors (Lipinski definition) is 1. The van der Waals surface area contributed by atoms with E-state index in [1.165, 1.54) is 0 Å². The second-order valence-corrected chi connectivity index (χ2v) is 8.50. The van der Waals surface area contributed by atoms with Gasteiger partial charge in [0.05, 0.1) is 10.4 Å². The number of para-hydroxylation sites is 1. The van der Waals surface area contributed by atoms with E-state index in [1.54, 1.807) is 17.4 Å². The van der Waals surface area contributed by atoms with Crippen molar-refractivity contribution >= 4 is 39.9 Å². The number of thiophene rings is 1. The molecule has 1 atom stereocenters. The standard InChI is InChI=1S/C22H23N7OS/c1-3-10-23-22(30)28-12-11-27(14-15(28)2)21-24-17-8-5-4-7-16(17)19-25-26-20(29(19)21)18-9-6-13-31-18/h3-9,13,15H,1,10-12,14H2,2H3,(H,23,30)/t15-/m0/s1. The van der Waals surface area contributed by atoms with Crippen LogP contribution in [0.15, 0.2) is 54.4 Å². The lowest BCUT2D eigenvalue weighted by Gasteiger charge is -2.40. The first-order valence-electron chi connectivity index (χ1n) is 10.3. The number of amides is 2. The van der Waals surface area contributed by atoms with Gasteiger partial charge in [0, 0.05) is 37.6 Å². The second kappa shape index (κ2) is 7.99. The molecule has 0 bridgehead atoms. The van der Waals surface area contributed by atoms with E-state index in [0.717, 1.165) is 33.2 Å². The molecule has 8 nitrogen and oxygen atoms in total. The summed E-state index contributed by atoms with van der Waals surface area (Å²) in [6, 6.07) is 12.0. The molecule has 1 aliphatic rings. The van der Waals surface area contributed by atoms with E-state index in [-0.39, 0.29) is 12.1 Å². The molecule has 0 radical (unpaired) electrons. The highest BCUT2D eigenvalue weighted by Crippen LogP contribution is 2.31. The number of benzene rings is 1. The summed E-state index contributed by atoms with van der Waals surface area (Å²) in [5, 5.41) is 14.9. The topological polar surface area (TPSA) is 78.7 Å². The van der Waals surface area contributed by atoms with Gasteiger partial charge in [-0.25, -0.2) is 14.2 Å². The third-order valence-electron chi connectivity index (χ3n) is 5.54. The summed E-state index contributed by atoms with van der Waals surface area (Å²) >= 11 is 1.63. The molecule has 5 rings (SSSR count). The normalized spacial score (nSPS) is 16.7. The van der Waals surface area contributed by atoms with E-state index in [0.29, 0.717) is 26.2 Å². The number of nitrogens with one attached hydrogen (secondary N) is 1. The lowest BCUT2D eigenvalue weighted by atomic mass is 10.2. The van der Waals surface area contributed by atoms with E-state index in [2.05, 4.69) is 33.9 Å². The molecule has 4 aromatic rings. The van der Waals surface area contributed by atoms with Gasteiger partial charge in [-0.05, 0) is 30.5 Å². The fraction of sp³-hybridized carbons (Fsp3) is 0.273.